The summed E-state index contributed by atoms with van der Waals surface area (Å²) in [5, 5.41) is 0. The Morgan fingerprint density at radius 2 is 1.00 bits per heavy atom. The topological polar surface area (TPSA) is 34.1 Å². The number of allylic oxidation sites excluding steroid dienone is 2. The largest absolute Gasteiger partial charge is 0.289 e. The summed E-state index contributed by atoms with van der Waals surface area (Å²) in [7, 11) is 0. The molecule has 0 fully saturated rings. The maximum Gasteiger partial charge on any atom is 0.189 e. The first-order chi connectivity index (χ1) is 14.7. The molecule has 0 unspecified atom stereocenters. The van der Waals surface area contributed by atoms with Gasteiger partial charge in [-0.3, -0.25) is 9.59 Å². The van der Waals surface area contributed by atoms with Crippen LogP contribution in [0.2, 0.25) is 0 Å². The highest BCUT2D eigenvalue weighted by molar-refractivity contribution is 6.14. The molecule has 0 bridgehead atoms. The van der Waals surface area contributed by atoms with E-state index < -0.39 is 0 Å². The molecule has 2 heteroatoms. The molecule has 0 aliphatic heterocycles. The van der Waals surface area contributed by atoms with E-state index in [1.54, 1.807) is 0 Å². The lowest BCUT2D eigenvalue weighted by molar-refractivity contribution is 0.101. The zero-order valence-electron chi connectivity index (χ0n) is 16.7. The molecular weight excluding hydrogens is 368 g/mol. The van der Waals surface area contributed by atoms with E-state index in [1.807, 2.05) is 78.9 Å². The predicted molar refractivity (Wildman–Crippen MR) is 121 cm³/mol. The Hall–Kier alpha value is -3.52. The standard InChI is InChI=1S/C28H22O2/c29-27-23(14-12-21-8-1-3-10-25(21)27)17-19-6-5-7-20(16-19)18-24-15-13-22-9-2-4-11-26(22)28(24)30/h1-11,16-18H,12-15H2. The van der Waals surface area contributed by atoms with Crippen molar-refractivity contribution in [2.45, 2.75) is 25.7 Å². The molecule has 2 aliphatic rings. The molecule has 2 aliphatic carbocycles. The first kappa shape index (κ1) is 18.5. The van der Waals surface area contributed by atoms with Crippen LogP contribution in [0.15, 0.2) is 83.9 Å². The lowest BCUT2D eigenvalue weighted by Gasteiger charge is -2.18. The van der Waals surface area contributed by atoms with Crippen LogP contribution in [-0.4, -0.2) is 11.6 Å². The van der Waals surface area contributed by atoms with E-state index in [1.165, 1.54) is 0 Å². The van der Waals surface area contributed by atoms with Gasteiger partial charge in [0, 0.05) is 22.3 Å². The van der Waals surface area contributed by atoms with Crippen molar-refractivity contribution in [1.29, 1.82) is 0 Å². The Kier molecular flexibility index (Phi) is 4.76. The highest BCUT2D eigenvalue weighted by Gasteiger charge is 2.22. The van der Waals surface area contributed by atoms with E-state index in [2.05, 4.69) is 6.07 Å². The van der Waals surface area contributed by atoms with Crippen LogP contribution in [0.4, 0.5) is 0 Å². The number of carbonyl (C=O) groups excluding carboxylic acids is 2. The van der Waals surface area contributed by atoms with Gasteiger partial charge in [0.15, 0.2) is 11.6 Å². The third kappa shape index (κ3) is 3.46. The van der Waals surface area contributed by atoms with Crippen molar-refractivity contribution in [3.63, 3.8) is 0 Å². The molecule has 0 heterocycles. The quantitative estimate of drug-likeness (QED) is 0.495. The molecule has 3 aromatic carbocycles. The number of aryl methyl sites for hydroxylation is 2. The van der Waals surface area contributed by atoms with Gasteiger partial charge in [-0.1, -0.05) is 66.7 Å². The molecule has 30 heavy (non-hydrogen) atoms. The molecule has 3 aromatic rings. The molecule has 0 atom stereocenters. The molecule has 0 N–H and O–H groups in total. The van der Waals surface area contributed by atoms with Crippen molar-refractivity contribution in [2.24, 2.45) is 0 Å². The average molecular weight is 390 g/mol. The number of hydrogen-bond donors (Lipinski definition) is 0. The van der Waals surface area contributed by atoms with Crippen molar-refractivity contribution < 1.29 is 9.59 Å². The van der Waals surface area contributed by atoms with Crippen molar-refractivity contribution >= 4 is 23.7 Å². The fourth-order valence-electron chi connectivity index (χ4n) is 4.45. The zero-order chi connectivity index (χ0) is 20.5. The van der Waals surface area contributed by atoms with E-state index in [9.17, 15) is 9.59 Å². The number of rotatable bonds is 2. The molecule has 5 rings (SSSR count). The molecule has 2 nitrogen and oxygen atoms in total. The minimum absolute atomic E-state index is 0.125. The smallest absolute Gasteiger partial charge is 0.189 e. The normalized spacial score (nSPS) is 18.4. The van der Waals surface area contributed by atoms with Crippen LogP contribution in [0, 0.1) is 0 Å². The lowest BCUT2D eigenvalue weighted by Crippen LogP contribution is -2.14. The molecular formula is C28H22O2. The number of Topliss-reactive ketones (excluding diaryl/α,β-unsaturated/α-hetero) is 2. The maximum absolute atomic E-state index is 12.9. The van der Waals surface area contributed by atoms with Crippen molar-refractivity contribution in [3.05, 3.63) is 117 Å². The lowest BCUT2D eigenvalue weighted by atomic mass is 9.85. The molecule has 0 spiro atoms. The summed E-state index contributed by atoms with van der Waals surface area (Å²) >= 11 is 0. The van der Waals surface area contributed by atoms with Gasteiger partial charge < -0.3 is 0 Å². The van der Waals surface area contributed by atoms with Crippen LogP contribution in [-0.2, 0) is 12.8 Å². The minimum Gasteiger partial charge on any atom is -0.289 e. The van der Waals surface area contributed by atoms with Gasteiger partial charge in [0.1, 0.15) is 0 Å². The Morgan fingerprint density at radius 1 is 0.533 bits per heavy atom. The third-order valence-electron chi connectivity index (χ3n) is 6.03. The number of benzene rings is 3. The monoisotopic (exact) mass is 390 g/mol. The van der Waals surface area contributed by atoms with Gasteiger partial charge in [0.25, 0.3) is 0 Å². The first-order valence-electron chi connectivity index (χ1n) is 10.5. The highest BCUT2D eigenvalue weighted by atomic mass is 16.1. The molecule has 0 radical (unpaired) electrons. The van der Waals surface area contributed by atoms with E-state index in [0.717, 1.165) is 70.2 Å². The second-order valence-corrected chi connectivity index (χ2v) is 7.98. The van der Waals surface area contributed by atoms with Gasteiger partial charge in [-0.25, -0.2) is 0 Å². The highest BCUT2D eigenvalue weighted by Crippen LogP contribution is 2.28. The van der Waals surface area contributed by atoms with Crippen LogP contribution in [0.5, 0.6) is 0 Å². The SMILES string of the molecule is O=C1C(=Cc2cccc(C=C3CCc4ccccc4C3=O)c2)CCc2ccccc21. The van der Waals surface area contributed by atoms with Gasteiger partial charge in [-0.05, 0) is 66.2 Å². The van der Waals surface area contributed by atoms with E-state index in [-0.39, 0.29) is 11.6 Å². The fraction of sp³-hybridized carbons (Fsp3) is 0.143. The van der Waals surface area contributed by atoms with Crippen molar-refractivity contribution in [3.8, 4) is 0 Å². The Morgan fingerprint density at radius 3 is 1.50 bits per heavy atom. The van der Waals surface area contributed by atoms with Gasteiger partial charge in [0.05, 0.1) is 0 Å². The van der Waals surface area contributed by atoms with Crippen molar-refractivity contribution in [2.75, 3.05) is 0 Å². The van der Waals surface area contributed by atoms with Crippen LogP contribution >= 0.6 is 0 Å². The number of fused-ring (bicyclic) bond motifs is 2. The summed E-state index contributed by atoms with van der Waals surface area (Å²) in [6, 6.07) is 23.8. The van der Waals surface area contributed by atoms with Crippen LogP contribution < -0.4 is 0 Å². The molecule has 0 amide bonds. The summed E-state index contributed by atoms with van der Waals surface area (Å²) in [5.41, 5.74) is 7.59. The van der Waals surface area contributed by atoms with E-state index in [0.29, 0.717) is 0 Å². The van der Waals surface area contributed by atoms with Crippen LogP contribution in [0.1, 0.15) is 55.8 Å². The average Bonchev–Trinajstić information content (AvgIpc) is 2.78. The number of ketones is 2. The Bertz CT molecular complexity index is 1130. The number of hydrogen-bond acceptors (Lipinski definition) is 2. The second-order valence-electron chi connectivity index (χ2n) is 7.98. The summed E-state index contributed by atoms with van der Waals surface area (Å²) in [5.74, 6) is 0.249. The van der Waals surface area contributed by atoms with Gasteiger partial charge in [-0.2, -0.15) is 0 Å². The van der Waals surface area contributed by atoms with E-state index >= 15 is 0 Å². The maximum atomic E-state index is 12.9. The third-order valence-corrected chi connectivity index (χ3v) is 6.03. The fourth-order valence-corrected chi connectivity index (χ4v) is 4.45. The van der Waals surface area contributed by atoms with Gasteiger partial charge >= 0.3 is 0 Å². The molecule has 0 saturated heterocycles. The van der Waals surface area contributed by atoms with E-state index in [4.69, 9.17) is 0 Å². The Labute approximate surface area is 176 Å². The van der Waals surface area contributed by atoms with Gasteiger partial charge in [0.2, 0.25) is 0 Å². The summed E-state index contributed by atoms with van der Waals surface area (Å²) < 4.78 is 0. The zero-order valence-corrected chi connectivity index (χ0v) is 16.7. The van der Waals surface area contributed by atoms with Gasteiger partial charge in [-0.15, -0.1) is 0 Å². The summed E-state index contributed by atoms with van der Waals surface area (Å²) in [6.45, 7) is 0. The summed E-state index contributed by atoms with van der Waals surface area (Å²) in [6.07, 6.45) is 7.31. The van der Waals surface area contributed by atoms with Crippen LogP contribution in [0.25, 0.3) is 12.2 Å². The van der Waals surface area contributed by atoms with Crippen LogP contribution in [0.3, 0.4) is 0 Å². The first-order valence-corrected chi connectivity index (χ1v) is 10.5. The minimum atomic E-state index is 0.125. The van der Waals surface area contributed by atoms with Crippen molar-refractivity contribution in [1.82, 2.24) is 0 Å². The molecule has 0 saturated carbocycles. The summed E-state index contributed by atoms with van der Waals surface area (Å²) in [4.78, 5) is 25.7. The predicted octanol–water partition coefficient (Wildman–Crippen LogP) is 6.11. The Balaban J connectivity index is 1.43. The number of carbonyl (C=O) groups is 2. The second kappa shape index (κ2) is 7.72. The molecule has 0 aromatic heterocycles. The molecule has 146 valence electrons.